The number of aromatic nitrogens is 1. The molecule has 134 valence electrons. The van der Waals surface area contributed by atoms with Crippen molar-refractivity contribution in [2.45, 2.75) is 6.54 Å². The fourth-order valence-corrected chi connectivity index (χ4v) is 3.75. The minimum Gasteiger partial charge on any atom is -0.270 e. The fourth-order valence-electron chi connectivity index (χ4n) is 3.75. The molecule has 5 rings (SSSR count). The molecule has 0 spiro atoms. The van der Waals surface area contributed by atoms with Gasteiger partial charge in [-0.3, -0.25) is 19.5 Å². The quantitative estimate of drug-likeness (QED) is 0.495. The molecule has 1 aromatic heterocycles. The van der Waals surface area contributed by atoms with E-state index in [-0.39, 0.29) is 18.4 Å². The van der Waals surface area contributed by atoms with Gasteiger partial charge in [0.25, 0.3) is 11.8 Å². The van der Waals surface area contributed by atoms with Crippen molar-refractivity contribution in [2.24, 2.45) is 0 Å². The van der Waals surface area contributed by atoms with Gasteiger partial charge in [-0.15, -0.1) is 0 Å². The highest BCUT2D eigenvalue weighted by Crippen LogP contribution is 2.34. The Hall–Kier alpha value is -3.79. The summed E-state index contributed by atoms with van der Waals surface area (Å²) in [6, 6.07) is 24.7. The molecule has 3 aromatic carbocycles. The number of amides is 2. The maximum atomic E-state index is 13.3. The monoisotopic (exact) mass is 364 g/mol. The van der Waals surface area contributed by atoms with Gasteiger partial charge in [-0.05, 0) is 41.3 Å². The minimum atomic E-state index is -0.268. The van der Waals surface area contributed by atoms with Crippen molar-refractivity contribution in [1.82, 2.24) is 9.88 Å². The van der Waals surface area contributed by atoms with Crippen molar-refractivity contribution >= 4 is 22.6 Å². The van der Waals surface area contributed by atoms with E-state index in [9.17, 15) is 9.59 Å². The van der Waals surface area contributed by atoms with Gasteiger partial charge in [-0.2, -0.15) is 0 Å². The summed E-state index contributed by atoms with van der Waals surface area (Å²) in [4.78, 5) is 32.1. The number of imide groups is 1. The molecule has 1 aliphatic heterocycles. The van der Waals surface area contributed by atoms with Crippen LogP contribution in [0.25, 0.3) is 22.0 Å². The molecule has 0 fully saturated rings. The number of benzene rings is 3. The summed E-state index contributed by atoms with van der Waals surface area (Å²) < 4.78 is 0. The van der Waals surface area contributed by atoms with Crippen molar-refractivity contribution in [3.05, 3.63) is 102 Å². The van der Waals surface area contributed by atoms with Crippen LogP contribution in [0.5, 0.6) is 0 Å². The molecule has 4 nitrogen and oxygen atoms in total. The third kappa shape index (κ3) is 2.58. The first-order valence-corrected chi connectivity index (χ1v) is 9.11. The van der Waals surface area contributed by atoms with Crippen molar-refractivity contribution in [2.75, 3.05) is 0 Å². The molecule has 0 N–H and O–H groups in total. The molecule has 0 atom stereocenters. The molecule has 2 heterocycles. The van der Waals surface area contributed by atoms with E-state index in [1.54, 1.807) is 12.3 Å². The van der Waals surface area contributed by atoms with Crippen LogP contribution >= 0.6 is 0 Å². The van der Waals surface area contributed by atoms with E-state index >= 15 is 0 Å². The lowest BCUT2D eigenvalue weighted by molar-refractivity contribution is 0.0598. The van der Waals surface area contributed by atoms with E-state index in [4.69, 9.17) is 0 Å². The first kappa shape index (κ1) is 16.4. The highest BCUT2D eigenvalue weighted by Gasteiger charge is 2.33. The zero-order valence-electron chi connectivity index (χ0n) is 15.0. The van der Waals surface area contributed by atoms with Crippen LogP contribution in [0.4, 0.5) is 0 Å². The molecule has 2 amide bonds. The maximum Gasteiger partial charge on any atom is 0.261 e. The van der Waals surface area contributed by atoms with Crippen molar-refractivity contribution in [3.63, 3.8) is 0 Å². The van der Waals surface area contributed by atoms with Gasteiger partial charge in [-0.1, -0.05) is 48.5 Å². The normalized spacial score (nSPS) is 13.2. The molecular formula is C24H16N2O2. The van der Waals surface area contributed by atoms with E-state index in [0.29, 0.717) is 11.1 Å². The highest BCUT2D eigenvalue weighted by molar-refractivity contribution is 6.25. The molecule has 0 radical (unpaired) electrons. The number of carbonyl (C=O) groups excluding carboxylic acids is 2. The Kier molecular flexibility index (Phi) is 3.76. The van der Waals surface area contributed by atoms with Gasteiger partial charge in [-0.25, -0.2) is 0 Å². The van der Waals surface area contributed by atoms with Crippen LogP contribution in [0.2, 0.25) is 0 Å². The van der Waals surface area contributed by atoms with Crippen molar-refractivity contribution < 1.29 is 9.59 Å². The minimum absolute atomic E-state index is 0.252. The second-order valence-electron chi connectivity index (χ2n) is 6.82. The van der Waals surface area contributed by atoms with Gasteiger partial charge >= 0.3 is 0 Å². The summed E-state index contributed by atoms with van der Waals surface area (Å²) in [6.07, 6.45) is 1.73. The molecule has 1 aliphatic rings. The molecule has 0 unspecified atom stereocenters. The molecule has 0 saturated carbocycles. The molecular weight excluding hydrogens is 348 g/mol. The topological polar surface area (TPSA) is 50.3 Å². The Morgan fingerprint density at radius 3 is 2.32 bits per heavy atom. The summed E-state index contributed by atoms with van der Waals surface area (Å²) >= 11 is 0. The summed E-state index contributed by atoms with van der Waals surface area (Å²) in [7, 11) is 0. The Bertz CT molecular complexity index is 1220. The van der Waals surface area contributed by atoms with Crippen LogP contribution in [0.3, 0.4) is 0 Å². The van der Waals surface area contributed by atoms with Gasteiger partial charge in [0.2, 0.25) is 0 Å². The fraction of sp³-hybridized carbons (Fsp3) is 0.0417. The van der Waals surface area contributed by atoms with E-state index in [1.807, 2.05) is 72.8 Å². The van der Waals surface area contributed by atoms with Gasteiger partial charge in [0.1, 0.15) is 0 Å². The predicted molar refractivity (Wildman–Crippen MR) is 108 cm³/mol. The number of hydrogen-bond acceptors (Lipinski definition) is 3. The summed E-state index contributed by atoms with van der Waals surface area (Å²) in [5.74, 6) is -0.520. The third-order valence-electron chi connectivity index (χ3n) is 5.07. The molecule has 0 aliphatic carbocycles. The summed E-state index contributed by atoms with van der Waals surface area (Å²) in [6.45, 7) is 0.252. The molecule has 0 bridgehead atoms. The van der Waals surface area contributed by atoms with E-state index in [1.165, 1.54) is 4.90 Å². The smallest absolute Gasteiger partial charge is 0.261 e. The van der Waals surface area contributed by atoms with Crippen LogP contribution < -0.4 is 0 Å². The lowest BCUT2D eigenvalue weighted by Crippen LogP contribution is -2.39. The van der Waals surface area contributed by atoms with Gasteiger partial charge in [0.05, 0.1) is 12.2 Å². The largest absolute Gasteiger partial charge is 0.270 e. The average molecular weight is 364 g/mol. The second-order valence-corrected chi connectivity index (χ2v) is 6.82. The zero-order valence-corrected chi connectivity index (χ0v) is 15.0. The van der Waals surface area contributed by atoms with Crippen LogP contribution in [-0.2, 0) is 6.54 Å². The van der Waals surface area contributed by atoms with E-state index < -0.39 is 0 Å². The number of rotatable bonds is 3. The molecule has 4 aromatic rings. The van der Waals surface area contributed by atoms with Gasteiger partial charge < -0.3 is 0 Å². The maximum absolute atomic E-state index is 13.3. The first-order valence-electron chi connectivity index (χ1n) is 9.11. The lowest BCUT2D eigenvalue weighted by atomic mass is 9.91. The number of pyridine rings is 1. The standard InChI is InChI=1S/C24H16N2O2/c27-23-19-10-6-9-17-13-18(21-11-4-5-12-25-21)14-20(22(17)19)24(28)26(23)15-16-7-2-1-3-8-16/h1-14H,15H2. The number of hydrogen-bond donors (Lipinski definition) is 0. The molecule has 4 heteroatoms. The van der Waals surface area contributed by atoms with Crippen LogP contribution in [0.1, 0.15) is 26.3 Å². The predicted octanol–water partition coefficient (Wildman–Crippen LogP) is 4.70. The van der Waals surface area contributed by atoms with E-state index in [0.717, 1.165) is 27.6 Å². The van der Waals surface area contributed by atoms with Gasteiger partial charge in [0, 0.05) is 28.3 Å². The van der Waals surface area contributed by atoms with Crippen molar-refractivity contribution in [1.29, 1.82) is 0 Å². The van der Waals surface area contributed by atoms with Gasteiger partial charge in [0.15, 0.2) is 0 Å². The Morgan fingerprint density at radius 2 is 1.54 bits per heavy atom. The van der Waals surface area contributed by atoms with Crippen molar-refractivity contribution in [3.8, 4) is 11.3 Å². The third-order valence-corrected chi connectivity index (χ3v) is 5.07. The summed E-state index contributed by atoms with van der Waals surface area (Å²) in [5, 5.41) is 1.60. The number of carbonyl (C=O) groups is 2. The zero-order chi connectivity index (χ0) is 19.1. The Morgan fingerprint density at radius 1 is 0.750 bits per heavy atom. The highest BCUT2D eigenvalue weighted by atomic mass is 16.2. The van der Waals surface area contributed by atoms with E-state index in [2.05, 4.69) is 4.98 Å². The van der Waals surface area contributed by atoms with Crippen LogP contribution in [-0.4, -0.2) is 21.7 Å². The SMILES string of the molecule is O=C1c2cccc3cc(-c4ccccn4)cc(c23)C(=O)N1Cc1ccccc1. The average Bonchev–Trinajstić information content (AvgIpc) is 2.76. The Balaban J connectivity index is 1.68. The number of nitrogens with zero attached hydrogens (tertiary/aromatic N) is 2. The lowest BCUT2D eigenvalue weighted by Gasteiger charge is -2.27. The first-order chi connectivity index (χ1) is 13.7. The van der Waals surface area contributed by atoms with Crippen LogP contribution in [0, 0.1) is 0 Å². The van der Waals surface area contributed by atoms with Crippen LogP contribution in [0.15, 0.2) is 85.1 Å². The second kappa shape index (κ2) is 6.43. The Labute approximate surface area is 162 Å². The molecule has 28 heavy (non-hydrogen) atoms. The summed E-state index contributed by atoms with van der Waals surface area (Å²) in [5.41, 5.74) is 3.69. The molecule has 0 saturated heterocycles.